The van der Waals surface area contributed by atoms with Crippen molar-refractivity contribution in [2.24, 2.45) is 0 Å². The maximum atomic E-state index is 13.1. The Bertz CT molecular complexity index is 584. The molecule has 3 N–H and O–H groups in total. The van der Waals surface area contributed by atoms with Gasteiger partial charge < -0.3 is 20.5 Å². The highest BCUT2D eigenvalue weighted by molar-refractivity contribution is 5.75. The Morgan fingerprint density at radius 2 is 2.00 bits per heavy atom. The fourth-order valence-corrected chi connectivity index (χ4v) is 2.94. The highest BCUT2D eigenvalue weighted by Gasteiger charge is 2.36. The van der Waals surface area contributed by atoms with E-state index in [1.807, 2.05) is 0 Å². The van der Waals surface area contributed by atoms with Crippen molar-refractivity contribution in [2.75, 3.05) is 13.7 Å². The normalized spacial score (nSPS) is 16.7. The molecule has 0 saturated heterocycles. The van der Waals surface area contributed by atoms with Crippen molar-refractivity contribution < 1.29 is 27.8 Å². The van der Waals surface area contributed by atoms with Crippen LogP contribution >= 0.6 is 0 Å². The Kier molecular flexibility index (Phi) is 5.58. The Labute approximate surface area is 138 Å². The lowest BCUT2D eigenvalue weighted by Gasteiger charge is -2.28. The van der Waals surface area contributed by atoms with Gasteiger partial charge in [-0.15, -0.1) is 0 Å². The van der Waals surface area contributed by atoms with Crippen LogP contribution in [0.4, 0.5) is 18.0 Å². The number of amides is 2. The predicted octanol–water partition coefficient (Wildman–Crippen LogP) is 2.82. The topological polar surface area (TPSA) is 70.6 Å². The highest BCUT2D eigenvalue weighted by atomic mass is 19.4. The van der Waals surface area contributed by atoms with Crippen LogP contribution in [0.1, 0.15) is 36.8 Å². The van der Waals surface area contributed by atoms with Crippen LogP contribution < -0.4 is 15.4 Å². The molecule has 0 aliphatic heterocycles. The summed E-state index contributed by atoms with van der Waals surface area (Å²) in [7, 11) is 1.29. The monoisotopic (exact) mass is 346 g/mol. The number of alkyl halides is 3. The highest BCUT2D eigenvalue weighted by Crippen LogP contribution is 2.34. The fourth-order valence-electron chi connectivity index (χ4n) is 2.94. The molecule has 24 heavy (non-hydrogen) atoms. The average Bonchev–Trinajstić information content (AvgIpc) is 3.01. The second-order valence-corrected chi connectivity index (χ2v) is 5.97. The third-order valence-corrected chi connectivity index (χ3v) is 4.30. The minimum atomic E-state index is -4.54. The molecule has 1 aliphatic rings. The lowest BCUT2D eigenvalue weighted by molar-refractivity contribution is -0.138. The van der Waals surface area contributed by atoms with Crippen LogP contribution in [0.5, 0.6) is 5.75 Å². The number of hydrogen-bond acceptors (Lipinski definition) is 3. The molecule has 0 radical (unpaired) electrons. The van der Waals surface area contributed by atoms with E-state index in [0.29, 0.717) is 12.8 Å². The summed E-state index contributed by atoms with van der Waals surface area (Å²) in [6, 6.07) is 3.01. The summed E-state index contributed by atoms with van der Waals surface area (Å²) >= 11 is 0. The average molecular weight is 346 g/mol. The molecule has 0 spiro atoms. The van der Waals surface area contributed by atoms with Crippen LogP contribution in [0.2, 0.25) is 0 Å². The lowest BCUT2D eigenvalue weighted by Crippen LogP contribution is -2.52. The van der Waals surface area contributed by atoms with Gasteiger partial charge in [0.15, 0.2) is 0 Å². The quantitative estimate of drug-likeness (QED) is 0.768. The van der Waals surface area contributed by atoms with Gasteiger partial charge in [-0.05, 0) is 30.5 Å². The molecular weight excluding hydrogens is 325 g/mol. The molecule has 1 saturated carbocycles. The summed E-state index contributed by atoms with van der Waals surface area (Å²) in [4.78, 5) is 12.0. The van der Waals surface area contributed by atoms with Crippen LogP contribution in [-0.4, -0.2) is 30.4 Å². The number of aliphatic hydroxyl groups excluding tert-OH is 1. The molecule has 2 amide bonds. The van der Waals surface area contributed by atoms with Gasteiger partial charge in [0.2, 0.25) is 0 Å². The number of rotatable bonds is 5. The van der Waals surface area contributed by atoms with Gasteiger partial charge in [0, 0.05) is 6.54 Å². The number of halogens is 3. The Morgan fingerprint density at radius 3 is 2.54 bits per heavy atom. The van der Waals surface area contributed by atoms with Crippen molar-refractivity contribution in [2.45, 2.75) is 43.9 Å². The van der Waals surface area contributed by atoms with Gasteiger partial charge in [-0.2, -0.15) is 13.2 Å². The third-order valence-electron chi connectivity index (χ3n) is 4.30. The van der Waals surface area contributed by atoms with Crippen LogP contribution in [0.3, 0.4) is 0 Å². The molecular formula is C16H21F3N2O3. The largest absolute Gasteiger partial charge is 0.497 e. The standard InChI is InChI=1S/C16H21F3N2O3/c1-24-12-5-4-11(13(8-12)16(17,18)19)9-20-14(23)21-15(10-22)6-2-3-7-15/h4-5,8,22H,2-3,6-7,9-10H2,1H3,(H2,20,21,23). The van der Waals surface area contributed by atoms with Crippen molar-refractivity contribution in [3.05, 3.63) is 29.3 Å². The third kappa shape index (κ3) is 4.31. The summed E-state index contributed by atoms with van der Waals surface area (Å²) in [6.45, 7) is -0.455. The zero-order valence-corrected chi connectivity index (χ0v) is 13.4. The van der Waals surface area contributed by atoms with Gasteiger partial charge >= 0.3 is 12.2 Å². The van der Waals surface area contributed by atoms with Crippen molar-refractivity contribution in [1.29, 1.82) is 0 Å². The van der Waals surface area contributed by atoms with E-state index in [1.165, 1.54) is 19.2 Å². The number of urea groups is 1. The van der Waals surface area contributed by atoms with E-state index in [0.717, 1.165) is 18.9 Å². The molecule has 134 valence electrons. The SMILES string of the molecule is COc1ccc(CNC(=O)NC2(CO)CCCC2)c(C(F)(F)F)c1. The molecule has 0 heterocycles. The van der Waals surface area contributed by atoms with E-state index in [9.17, 15) is 23.1 Å². The molecule has 5 nitrogen and oxygen atoms in total. The molecule has 2 rings (SSSR count). The van der Waals surface area contributed by atoms with Crippen molar-refractivity contribution in [1.82, 2.24) is 10.6 Å². The van der Waals surface area contributed by atoms with E-state index < -0.39 is 23.3 Å². The predicted molar refractivity (Wildman–Crippen MR) is 81.7 cm³/mol. The Balaban J connectivity index is 2.04. The van der Waals surface area contributed by atoms with E-state index in [4.69, 9.17) is 4.74 Å². The zero-order chi connectivity index (χ0) is 17.8. The van der Waals surface area contributed by atoms with E-state index in [2.05, 4.69) is 10.6 Å². The summed E-state index contributed by atoms with van der Waals surface area (Å²) < 4.78 is 44.2. The van der Waals surface area contributed by atoms with Crippen molar-refractivity contribution >= 4 is 6.03 Å². The van der Waals surface area contributed by atoms with Gasteiger partial charge in [-0.3, -0.25) is 0 Å². The number of benzene rings is 1. The van der Waals surface area contributed by atoms with Crippen LogP contribution in [0, 0.1) is 0 Å². The number of hydrogen-bond donors (Lipinski definition) is 3. The van der Waals surface area contributed by atoms with Crippen molar-refractivity contribution in [3.8, 4) is 5.75 Å². The van der Waals surface area contributed by atoms with E-state index in [1.54, 1.807) is 0 Å². The van der Waals surface area contributed by atoms with Crippen LogP contribution in [0.15, 0.2) is 18.2 Å². The number of nitrogens with one attached hydrogen (secondary N) is 2. The minimum absolute atomic E-state index is 0.0529. The first-order valence-electron chi connectivity index (χ1n) is 7.71. The molecule has 0 aromatic heterocycles. The first-order chi connectivity index (χ1) is 11.3. The van der Waals surface area contributed by atoms with Gasteiger partial charge in [0.25, 0.3) is 0 Å². The Hall–Kier alpha value is -1.96. The number of methoxy groups -OCH3 is 1. The van der Waals surface area contributed by atoms with Crippen molar-refractivity contribution in [3.63, 3.8) is 0 Å². The van der Waals surface area contributed by atoms with Crippen LogP contribution in [0.25, 0.3) is 0 Å². The summed E-state index contributed by atoms with van der Waals surface area (Å²) in [6.07, 6.45) is -1.42. The second-order valence-electron chi connectivity index (χ2n) is 5.97. The first kappa shape index (κ1) is 18.4. The molecule has 1 aromatic carbocycles. The fraction of sp³-hybridized carbons (Fsp3) is 0.562. The van der Waals surface area contributed by atoms with Gasteiger partial charge in [-0.25, -0.2) is 4.79 Å². The first-order valence-corrected chi connectivity index (χ1v) is 7.71. The molecule has 1 fully saturated rings. The summed E-state index contributed by atoms with van der Waals surface area (Å²) in [5, 5.41) is 14.6. The zero-order valence-electron chi connectivity index (χ0n) is 13.4. The number of carbonyl (C=O) groups is 1. The summed E-state index contributed by atoms with van der Waals surface area (Å²) in [5.74, 6) is 0.0979. The van der Waals surface area contributed by atoms with Gasteiger partial charge in [0.1, 0.15) is 5.75 Å². The minimum Gasteiger partial charge on any atom is -0.497 e. The van der Waals surface area contributed by atoms with Gasteiger partial charge in [0.05, 0.1) is 24.8 Å². The van der Waals surface area contributed by atoms with E-state index in [-0.39, 0.29) is 24.5 Å². The van der Waals surface area contributed by atoms with Gasteiger partial charge in [-0.1, -0.05) is 18.9 Å². The molecule has 0 bridgehead atoms. The van der Waals surface area contributed by atoms with E-state index >= 15 is 0 Å². The Morgan fingerprint density at radius 1 is 1.33 bits per heavy atom. The molecule has 1 aromatic rings. The number of ether oxygens (including phenoxy) is 1. The summed E-state index contributed by atoms with van der Waals surface area (Å²) in [5.41, 5.74) is -1.57. The molecule has 1 aliphatic carbocycles. The number of carbonyl (C=O) groups excluding carboxylic acids is 1. The molecule has 0 atom stereocenters. The second kappa shape index (κ2) is 7.29. The van der Waals surface area contributed by atoms with Crippen LogP contribution in [-0.2, 0) is 12.7 Å². The smallest absolute Gasteiger partial charge is 0.416 e. The maximum absolute atomic E-state index is 13.1. The maximum Gasteiger partial charge on any atom is 0.416 e. The number of aliphatic hydroxyl groups is 1. The lowest BCUT2D eigenvalue weighted by atomic mass is 9.99. The molecule has 8 heteroatoms. The molecule has 0 unspecified atom stereocenters.